The first kappa shape index (κ1) is 17.3. The summed E-state index contributed by atoms with van der Waals surface area (Å²) >= 11 is 0. The van der Waals surface area contributed by atoms with Gasteiger partial charge in [0.25, 0.3) is 11.6 Å². The van der Waals surface area contributed by atoms with Crippen LogP contribution in [0.3, 0.4) is 0 Å². The Morgan fingerprint density at radius 1 is 1.17 bits per heavy atom. The maximum absolute atomic E-state index is 11.7. The maximum atomic E-state index is 11.7. The van der Waals surface area contributed by atoms with Crippen LogP contribution in [0.2, 0.25) is 0 Å². The van der Waals surface area contributed by atoms with Crippen molar-refractivity contribution in [2.45, 2.75) is 0 Å². The number of amides is 1. The number of non-ortho nitro benzene ring substituents is 1. The lowest BCUT2D eigenvalue weighted by Gasteiger charge is -2.19. The van der Waals surface area contributed by atoms with Gasteiger partial charge in [-0.2, -0.15) is 0 Å². The summed E-state index contributed by atoms with van der Waals surface area (Å²) < 4.78 is 5.30. The molecular weight excluding hydrogens is 310 g/mol. The number of nitrogens with zero attached hydrogens (tertiary/aromatic N) is 2. The molecule has 0 aliphatic heterocycles. The van der Waals surface area contributed by atoms with Gasteiger partial charge in [-0.1, -0.05) is 18.2 Å². The summed E-state index contributed by atoms with van der Waals surface area (Å²) in [4.78, 5) is 23.9. The first-order valence-corrected chi connectivity index (χ1v) is 7.46. The second-order valence-electron chi connectivity index (χ2n) is 5.15. The number of nitrogens with one attached hydrogen (secondary N) is 1. The van der Waals surface area contributed by atoms with E-state index in [0.717, 1.165) is 5.69 Å². The zero-order valence-electron chi connectivity index (χ0n) is 13.3. The minimum atomic E-state index is -0.486. The molecule has 1 amide bonds. The normalized spacial score (nSPS) is 10.0. The van der Waals surface area contributed by atoms with Crippen LogP contribution in [-0.2, 0) is 4.79 Å². The molecule has 1 N–H and O–H groups in total. The van der Waals surface area contributed by atoms with Gasteiger partial charge in [-0.05, 0) is 24.3 Å². The largest absolute Gasteiger partial charge is 0.484 e. The van der Waals surface area contributed by atoms with Crippen LogP contribution >= 0.6 is 0 Å². The zero-order valence-corrected chi connectivity index (χ0v) is 13.3. The Kier molecular flexibility index (Phi) is 6.13. The van der Waals surface area contributed by atoms with Crippen molar-refractivity contribution in [2.75, 3.05) is 31.6 Å². The van der Waals surface area contributed by atoms with Gasteiger partial charge in [0.1, 0.15) is 5.75 Å². The number of hydrogen-bond acceptors (Lipinski definition) is 5. The van der Waals surface area contributed by atoms with Crippen molar-refractivity contribution in [1.29, 1.82) is 0 Å². The van der Waals surface area contributed by atoms with Gasteiger partial charge >= 0.3 is 0 Å². The van der Waals surface area contributed by atoms with Gasteiger partial charge in [0.2, 0.25) is 0 Å². The molecule has 0 heterocycles. The molecule has 7 nitrogen and oxygen atoms in total. The van der Waals surface area contributed by atoms with Gasteiger partial charge in [0, 0.05) is 38.0 Å². The fourth-order valence-corrected chi connectivity index (χ4v) is 2.04. The van der Waals surface area contributed by atoms with Gasteiger partial charge in [-0.3, -0.25) is 14.9 Å². The fraction of sp³-hybridized carbons (Fsp3) is 0.235. The zero-order chi connectivity index (χ0) is 17.4. The van der Waals surface area contributed by atoms with E-state index in [0.29, 0.717) is 18.8 Å². The Morgan fingerprint density at radius 2 is 1.83 bits per heavy atom. The van der Waals surface area contributed by atoms with Crippen LogP contribution in [0.15, 0.2) is 54.6 Å². The maximum Gasteiger partial charge on any atom is 0.269 e. The quantitative estimate of drug-likeness (QED) is 0.593. The average molecular weight is 329 g/mol. The second kappa shape index (κ2) is 8.52. The van der Waals surface area contributed by atoms with E-state index in [1.165, 1.54) is 24.3 Å². The van der Waals surface area contributed by atoms with Crippen molar-refractivity contribution < 1.29 is 14.5 Å². The number of likely N-dealkylation sites (N-methyl/N-ethyl adjacent to an activating group) is 1. The summed E-state index contributed by atoms with van der Waals surface area (Å²) in [6, 6.07) is 15.5. The molecule has 2 rings (SSSR count). The summed E-state index contributed by atoms with van der Waals surface area (Å²) in [5.74, 6) is 0.173. The van der Waals surface area contributed by atoms with Gasteiger partial charge in [-0.15, -0.1) is 0 Å². The lowest BCUT2D eigenvalue weighted by molar-refractivity contribution is -0.384. The SMILES string of the molecule is CN(CCNC(=O)COc1ccc([N+](=O)[O-])cc1)c1ccccc1. The number of benzene rings is 2. The Bertz CT molecular complexity index is 674. The molecule has 126 valence electrons. The fourth-order valence-electron chi connectivity index (χ4n) is 2.04. The minimum absolute atomic E-state index is 0.0178. The number of rotatable bonds is 8. The van der Waals surface area contributed by atoms with Crippen molar-refractivity contribution >= 4 is 17.3 Å². The Hall–Kier alpha value is -3.09. The molecule has 0 bridgehead atoms. The molecule has 7 heteroatoms. The van der Waals surface area contributed by atoms with E-state index in [2.05, 4.69) is 5.32 Å². The van der Waals surface area contributed by atoms with Crippen LogP contribution < -0.4 is 15.0 Å². The predicted molar refractivity (Wildman–Crippen MR) is 91.3 cm³/mol. The third-order valence-electron chi connectivity index (χ3n) is 3.38. The van der Waals surface area contributed by atoms with Crippen LogP contribution in [-0.4, -0.2) is 37.6 Å². The van der Waals surface area contributed by atoms with Crippen molar-refractivity contribution in [1.82, 2.24) is 5.32 Å². The summed E-state index contributed by atoms with van der Waals surface area (Å²) in [5.41, 5.74) is 1.06. The lowest BCUT2D eigenvalue weighted by atomic mass is 10.3. The molecule has 2 aromatic carbocycles. The molecule has 0 aliphatic carbocycles. The molecule has 24 heavy (non-hydrogen) atoms. The van der Waals surface area contributed by atoms with E-state index < -0.39 is 4.92 Å². The highest BCUT2D eigenvalue weighted by atomic mass is 16.6. The molecule has 0 saturated carbocycles. The molecule has 0 atom stereocenters. The Labute approximate surface area is 140 Å². The van der Waals surface area contributed by atoms with E-state index in [4.69, 9.17) is 4.74 Å². The number of anilines is 1. The standard InChI is InChI=1S/C17H19N3O4/c1-19(14-5-3-2-4-6-14)12-11-18-17(21)13-24-16-9-7-15(8-10-16)20(22)23/h2-10H,11-13H2,1H3,(H,18,21). The topological polar surface area (TPSA) is 84.7 Å². The van der Waals surface area contributed by atoms with Crippen molar-refractivity contribution in [3.63, 3.8) is 0 Å². The van der Waals surface area contributed by atoms with Crippen molar-refractivity contribution in [3.05, 3.63) is 64.7 Å². The van der Waals surface area contributed by atoms with Gasteiger partial charge in [0.15, 0.2) is 6.61 Å². The summed E-state index contributed by atoms with van der Waals surface area (Å²) in [7, 11) is 1.95. The highest BCUT2D eigenvalue weighted by Gasteiger charge is 2.07. The summed E-state index contributed by atoms with van der Waals surface area (Å²) in [5, 5.41) is 13.3. The molecular formula is C17H19N3O4. The molecule has 0 unspecified atom stereocenters. The minimum Gasteiger partial charge on any atom is -0.484 e. The Balaban J connectivity index is 1.69. The van der Waals surface area contributed by atoms with Crippen LogP contribution in [0, 0.1) is 10.1 Å². The number of carbonyl (C=O) groups excluding carboxylic acids is 1. The first-order chi connectivity index (χ1) is 11.6. The summed E-state index contributed by atoms with van der Waals surface area (Å²) in [6.45, 7) is 1.04. The van der Waals surface area contributed by atoms with Crippen molar-refractivity contribution in [3.8, 4) is 5.75 Å². The molecule has 0 aromatic heterocycles. The van der Waals surface area contributed by atoms with Gasteiger partial charge < -0.3 is 15.0 Å². The van der Waals surface area contributed by atoms with E-state index in [9.17, 15) is 14.9 Å². The highest BCUT2D eigenvalue weighted by Crippen LogP contribution is 2.17. The molecule has 0 aliphatic rings. The molecule has 0 saturated heterocycles. The number of ether oxygens (including phenoxy) is 1. The third-order valence-corrected chi connectivity index (χ3v) is 3.38. The molecule has 2 aromatic rings. The molecule has 0 spiro atoms. The van der Waals surface area contributed by atoms with E-state index in [1.807, 2.05) is 42.3 Å². The predicted octanol–water partition coefficient (Wildman–Crippen LogP) is 2.23. The number of hydrogen-bond donors (Lipinski definition) is 1. The van der Waals surface area contributed by atoms with Crippen LogP contribution in [0.25, 0.3) is 0 Å². The number of carbonyl (C=O) groups is 1. The van der Waals surface area contributed by atoms with Crippen LogP contribution in [0.4, 0.5) is 11.4 Å². The average Bonchev–Trinajstić information content (AvgIpc) is 2.61. The van der Waals surface area contributed by atoms with E-state index >= 15 is 0 Å². The summed E-state index contributed by atoms with van der Waals surface area (Å²) in [6.07, 6.45) is 0. The van der Waals surface area contributed by atoms with Crippen molar-refractivity contribution in [2.24, 2.45) is 0 Å². The van der Waals surface area contributed by atoms with Crippen LogP contribution in [0.5, 0.6) is 5.75 Å². The van der Waals surface area contributed by atoms with Gasteiger partial charge in [-0.25, -0.2) is 0 Å². The number of nitro benzene ring substituents is 1. The third kappa shape index (κ3) is 5.28. The smallest absolute Gasteiger partial charge is 0.269 e. The molecule has 0 radical (unpaired) electrons. The van der Waals surface area contributed by atoms with E-state index in [1.54, 1.807) is 0 Å². The first-order valence-electron chi connectivity index (χ1n) is 7.46. The number of para-hydroxylation sites is 1. The van der Waals surface area contributed by atoms with Crippen LogP contribution in [0.1, 0.15) is 0 Å². The monoisotopic (exact) mass is 329 g/mol. The molecule has 0 fully saturated rings. The Morgan fingerprint density at radius 3 is 2.46 bits per heavy atom. The van der Waals surface area contributed by atoms with Gasteiger partial charge in [0.05, 0.1) is 4.92 Å². The van der Waals surface area contributed by atoms with E-state index in [-0.39, 0.29) is 18.2 Å². The highest BCUT2D eigenvalue weighted by molar-refractivity contribution is 5.77. The lowest BCUT2D eigenvalue weighted by Crippen LogP contribution is -2.35. The second-order valence-corrected chi connectivity index (χ2v) is 5.15. The number of nitro groups is 1.